The van der Waals surface area contributed by atoms with Gasteiger partial charge in [-0.05, 0) is 62.2 Å². The second kappa shape index (κ2) is 7.97. The lowest BCUT2D eigenvalue weighted by molar-refractivity contribution is -0.384. The molecular formula is C17H14Br2N6O2. The second-order valence-corrected chi connectivity index (χ2v) is 7.21. The predicted molar refractivity (Wildman–Crippen MR) is 111 cm³/mol. The molecule has 0 aromatic carbocycles. The van der Waals surface area contributed by atoms with Crippen LogP contribution in [0.2, 0.25) is 0 Å². The zero-order chi connectivity index (χ0) is 19.6. The minimum Gasteiger partial charge on any atom is -0.313 e. The Bertz CT molecular complexity index is 1000. The highest BCUT2D eigenvalue weighted by Gasteiger charge is 2.24. The first-order valence-electron chi connectivity index (χ1n) is 7.74. The number of nitro groups is 1. The van der Waals surface area contributed by atoms with Crippen molar-refractivity contribution < 1.29 is 4.92 Å². The summed E-state index contributed by atoms with van der Waals surface area (Å²) in [6.07, 6.45) is 3.28. The Labute approximate surface area is 172 Å². The molecule has 0 fully saturated rings. The monoisotopic (exact) mass is 492 g/mol. The summed E-state index contributed by atoms with van der Waals surface area (Å²) in [6.45, 7) is 0. The van der Waals surface area contributed by atoms with Gasteiger partial charge in [0, 0.05) is 32.6 Å². The number of nitrogens with zero attached hydrogens (tertiary/aromatic N) is 6. The van der Waals surface area contributed by atoms with Crippen LogP contribution < -0.4 is 9.80 Å². The van der Waals surface area contributed by atoms with E-state index in [4.69, 9.17) is 0 Å². The molecule has 3 rings (SSSR count). The van der Waals surface area contributed by atoms with Crippen LogP contribution in [0.25, 0.3) is 0 Å². The van der Waals surface area contributed by atoms with Crippen molar-refractivity contribution in [3.63, 3.8) is 0 Å². The first-order valence-corrected chi connectivity index (χ1v) is 9.32. The molecule has 0 saturated heterocycles. The van der Waals surface area contributed by atoms with E-state index >= 15 is 0 Å². The zero-order valence-corrected chi connectivity index (χ0v) is 17.5. The Kier molecular flexibility index (Phi) is 5.66. The number of hydrogen-bond donors (Lipinski definition) is 0. The molecule has 8 nitrogen and oxygen atoms in total. The molecule has 0 aliphatic heterocycles. The largest absolute Gasteiger partial charge is 0.313 e. The Morgan fingerprint density at radius 1 is 0.889 bits per heavy atom. The molecule has 0 spiro atoms. The summed E-state index contributed by atoms with van der Waals surface area (Å²) in [5, 5.41) is 11.5. The van der Waals surface area contributed by atoms with E-state index in [1.54, 1.807) is 48.4 Å². The molecule has 0 amide bonds. The highest BCUT2D eigenvalue weighted by Crippen LogP contribution is 2.36. The quantitative estimate of drug-likeness (QED) is 0.371. The van der Waals surface area contributed by atoms with E-state index in [9.17, 15) is 10.1 Å². The third-order valence-corrected chi connectivity index (χ3v) is 5.05. The third kappa shape index (κ3) is 3.91. The van der Waals surface area contributed by atoms with E-state index < -0.39 is 4.92 Å². The van der Waals surface area contributed by atoms with Crippen molar-refractivity contribution in [2.45, 2.75) is 0 Å². The molecule has 0 atom stereocenters. The third-order valence-electron chi connectivity index (χ3n) is 3.81. The number of halogens is 2. The van der Waals surface area contributed by atoms with Crippen molar-refractivity contribution in [1.29, 1.82) is 0 Å². The summed E-state index contributed by atoms with van der Waals surface area (Å²) in [6, 6.07) is 10.3. The Morgan fingerprint density at radius 2 is 1.44 bits per heavy atom. The minimum atomic E-state index is -0.462. The predicted octanol–water partition coefficient (Wildman–Crippen LogP) is 4.84. The van der Waals surface area contributed by atoms with Crippen molar-refractivity contribution >= 4 is 60.8 Å². The fourth-order valence-corrected chi connectivity index (χ4v) is 3.51. The summed E-state index contributed by atoms with van der Waals surface area (Å²) in [5.41, 5.74) is -0.118. The molecular weight excluding hydrogens is 480 g/mol. The Morgan fingerprint density at radius 3 is 1.96 bits per heavy atom. The van der Waals surface area contributed by atoms with Crippen LogP contribution in [0.5, 0.6) is 0 Å². The zero-order valence-electron chi connectivity index (χ0n) is 14.4. The van der Waals surface area contributed by atoms with Gasteiger partial charge in [0.1, 0.15) is 17.5 Å². The smallest absolute Gasteiger partial charge is 0.312 e. The van der Waals surface area contributed by atoms with Gasteiger partial charge in [0.2, 0.25) is 5.82 Å². The minimum absolute atomic E-state index is 0.118. The van der Waals surface area contributed by atoms with Crippen molar-refractivity contribution in [2.75, 3.05) is 23.9 Å². The lowest BCUT2D eigenvalue weighted by Gasteiger charge is -2.22. The topological polar surface area (TPSA) is 88.3 Å². The van der Waals surface area contributed by atoms with Gasteiger partial charge in [-0.2, -0.15) is 0 Å². The van der Waals surface area contributed by atoms with Crippen LogP contribution in [0.15, 0.2) is 57.7 Å². The highest BCUT2D eigenvalue weighted by atomic mass is 79.9. The Hall–Kier alpha value is -2.59. The molecule has 0 aliphatic carbocycles. The molecule has 3 aromatic rings. The van der Waals surface area contributed by atoms with Gasteiger partial charge in [0.05, 0.1) is 13.9 Å². The van der Waals surface area contributed by atoms with Crippen molar-refractivity contribution in [3.05, 3.63) is 67.9 Å². The molecule has 0 N–H and O–H groups in total. The molecule has 138 valence electrons. The van der Waals surface area contributed by atoms with Gasteiger partial charge in [-0.1, -0.05) is 0 Å². The standard InChI is InChI=1S/C17H14Br2N6O2/c1-23(15-11(18)5-3-9-20-15)14-8-7-13(25(26)27)17(22-14)24(2)16-12(19)6-4-10-21-16/h3-10H,1-2H3. The number of hydrogen-bond acceptors (Lipinski definition) is 7. The summed E-state index contributed by atoms with van der Waals surface area (Å²) < 4.78 is 1.49. The van der Waals surface area contributed by atoms with Crippen LogP contribution in [-0.4, -0.2) is 34.0 Å². The van der Waals surface area contributed by atoms with Gasteiger partial charge in [0.15, 0.2) is 0 Å². The average Bonchev–Trinajstić information content (AvgIpc) is 2.67. The number of rotatable bonds is 5. The van der Waals surface area contributed by atoms with E-state index in [0.717, 1.165) is 4.47 Å². The second-order valence-electron chi connectivity index (χ2n) is 5.50. The van der Waals surface area contributed by atoms with Crippen molar-refractivity contribution in [2.24, 2.45) is 0 Å². The molecule has 27 heavy (non-hydrogen) atoms. The summed E-state index contributed by atoms with van der Waals surface area (Å²) >= 11 is 6.88. The van der Waals surface area contributed by atoms with Crippen LogP contribution >= 0.6 is 31.9 Å². The van der Waals surface area contributed by atoms with E-state index in [1.165, 1.54) is 6.07 Å². The van der Waals surface area contributed by atoms with E-state index in [-0.39, 0.29) is 11.5 Å². The molecule has 0 radical (unpaired) electrons. The Balaban J connectivity index is 2.10. The molecule has 10 heteroatoms. The summed E-state index contributed by atoms with van der Waals surface area (Å²) in [5.74, 6) is 1.85. The van der Waals surface area contributed by atoms with Gasteiger partial charge in [-0.25, -0.2) is 15.0 Å². The van der Waals surface area contributed by atoms with Gasteiger partial charge in [0.25, 0.3) is 0 Å². The fraction of sp³-hybridized carbons (Fsp3) is 0.118. The maximum atomic E-state index is 11.5. The molecule has 0 unspecified atom stereocenters. The molecule has 0 aliphatic rings. The number of aromatic nitrogens is 3. The van der Waals surface area contributed by atoms with E-state index in [2.05, 4.69) is 46.8 Å². The average molecular weight is 494 g/mol. The van der Waals surface area contributed by atoms with E-state index in [0.29, 0.717) is 21.9 Å². The number of pyridine rings is 3. The molecule has 3 aromatic heterocycles. The van der Waals surface area contributed by atoms with Crippen LogP contribution in [0.4, 0.5) is 29.0 Å². The maximum Gasteiger partial charge on any atom is 0.312 e. The van der Waals surface area contributed by atoms with Crippen molar-refractivity contribution in [3.8, 4) is 0 Å². The molecule has 3 heterocycles. The molecule has 0 saturated carbocycles. The van der Waals surface area contributed by atoms with Gasteiger partial charge < -0.3 is 9.80 Å². The van der Waals surface area contributed by atoms with E-state index in [1.807, 2.05) is 18.2 Å². The normalized spacial score (nSPS) is 10.5. The van der Waals surface area contributed by atoms with Crippen LogP contribution in [0.3, 0.4) is 0 Å². The van der Waals surface area contributed by atoms with Crippen molar-refractivity contribution in [1.82, 2.24) is 15.0 Å². The summed E-state index contributed by atoms with van der Waals surface area (Å²) in [7, 11) is 3.48. The highest BCUT2D eigenvalue weighted by molar-refractivity contribution is 9.11. The van der Waals surface area contributed by atoms with Crippen LogP contribution in [0.1, 0.15) is 0 Å². The number of anilines is 4. The molecule has 0 bridgehead atoms. The first-order chi connectivity index (χ1) is 12.9. The summed E-state index contributed by atoms with van der Waals surface area (Å²) in [4.78, 5) is 27.5. The van der Waals surface area contributed by atoms with Gasteiger partial charge >= 0.3 is 5.69 Å². The SMILES string of the molecule is CN(c1ccc([N+](=O)[O-])c(N(C)c2ncccc2Br)n1)c1ncccc1Br. The first kappa shape index (κ1) is 19.2. The van der Waals surface area contributed by atoms with Crippen LogP contribution in [0, 0.1) is 10.1 Å². The lowest BCUT2D eigenvalue weighted by atomic mass is 10.3. The van der Waals surface area contributed by atoms with Gasteiger partial charge in [-0.3, -0.25) is 10.1 Å². The maximum absolute atomic E-state index is 11.5. The van der Waals surface area contributed by atoms with Crippen LogP contribution in [-0.2, 0) is 0 Å². The van der Waals surface area contributed by atoms with Gasteiger partial charge in [-0.15, -0.1) is 0 Å². The fourth-order valence-electron chi connectivity index (χ4n) is 2.46. The lowest BCUT2D eigenvalue weighted by Crippen LogP contribution is -2.18.